The predicted octanol–water partition coefficient (Wildman–Crippen LogP) is 4.55. The Bertz CT molecular complexity index is 642. The molecule has 3 rings (SSSR count). The monoisotopic (exact) mass is 413 g/mol. The molecule has 0 radical (unpaired) electrons. The van der Waals surface area contributed by atoms with Crippen molar-refractivity contribution in [3.05, 3.63) is 28.2 Å². The summed E-state index contributed by atoms with van der Waals surface area (Å²) < 4.78 is 5.14. The van der Waals surface area contributed by atoms with Gasteiger partial charge in [0.25, 0.3) is 0 Å². The number of halogens is 2. The summed E-state index contributed by atoms with van der Waals surface area (Å²) in [4.78, 5) is 15.8. The number of benzene rings is 1. The van der Waals surface area contributed by atoms with E-state index >= 15 is 0 Å². The van der Waals surface area contributed by atoms with E-state index in [0.29, 0.717) is 22.0 Å². The Kier molecular flexibility index (Phi) is 7.12. The molecule has 7 heteroatoms. The number of carbonyl (C=O) groups is 1. The third-order valence-corrected chi connectivity index (χ3v) is 6.77. The number of primary amides is 1. The highest BCUT2D eigenvalue weighted by Gasteiger charge is 2.28. The molecule has 1 amide bonds. The van der Waals surface area contributed by atoms with E-state index in [9.17, 15) is 4.79 Å². The van der Waals surface area contributed by atoms with E-state index in [4.69, 9.17) is 33.7 Å². The van der Waals surface area contributed by atoms with Gasteiger partial charge in [-0.1, -0.05) is 29.3 Å². The van der Waals surface area contributed by atoms with Crippen molar-refractivity contribution in [1.29, 1.82) is 0 Å². The average molecular weight is 414 g/mol. The molecule has 1 aromatic carbocycles. The predicted molar refractivity (Wildman–Crippen MR) is 111 cm³/mol. The highest BCUT2D eigenvalue weighted by Crippen LogP contribution is 2.34. The second kappa shape index (κ2) is 9.35. The first-order valence-corrected chi connectivity index (χ1v) is 10.6. The lowest BCUT2D eigenvalue weighted by Crippen LogP contribution is -2.50. The van der Waals surface area contributed by atoms with Crippen LogP contribution in [0.3, 0.4) is 0 Å². The molecule has 2 fully saturated rings. The van der Waals surface area contributed by atoms with E-state index in [0.717, 1.165) is 57.5 Å². The highest BCUT2D eigenvalue weighted by atomic mass is 35.5. The Morgan fingerprint density at radius 3 is 2.48 bits per heavy atom. The van der Waals surface area contributed by atoms with E-state index < -0.39 is 6.09 Å². The van der Waals surface area contributed by atoms with Crippen LogP contribution in [0.15, 0.2) is 18.2 Å². The van der Waals surface area contributed by atoms with Gasteiger partial charge in [0, 0.05) is 32.2 Å². The van der Waals surface area contributed by atoms with Gasteiger partial charge in [0.15, 0.2) is 0 Å². The molecule has 1 heterocycles. The fourth-order valence-corrected chi connectivity index (χ4v) is 4.84. The van der Waals surface area contributed by atoms with Gasteiger partial charge in [0.1, 0.15) is 6.10 Å². The molecule has 2 N–H and O–H groups in total. The molecule has 0 bridgehead atoms. The van der Waals surface area contributed by atoms with E-state index in [1.165, 1.54) is 6.42 Å². The molecular formula is C20H29Cl2N3O2. The molecule has 0 spiro atoms. The van der Waals surface area contributed by atoms with Crippen LogP contribution in [0.1, 0.15) is 39.0 Å². The Balaban J connectivity index is 1.44. The number of ether oxygens (including phenoxy) is 1. The summed E-state index contributed by atoms with van der Waals surface area (Å²) in [6.07, 6.45) is 4.65. The van der Waals surface area contributed by atoms with Gasteiger partial charge < -0.3 is 15.4 Å². The lowest BCUT2D eigenvalue weighted by Gasteiger charge is -2.41. The Hall–Kier alpha value is -1.17. The summed E-state index contributed by atoms with van der Waals surface area (Å²) in [5, 5.41) is 1.26. The zero-order chi connectivity index (χ0) is 19.4. The third kappa shape index (κ3) is 5.43. The smallest absolute Gasteiger partial charge is 0.404 e. The van der Waals surface area contributed by atoms with E-state index in [2.05, 4.69) is 16.7 Å². The van der Waals surface area contributed by atoms with Crippen LogP contribution in [-0.4, -0.2) is 49.3 Å². The van der Waals surface area contributed by atoms with Crippen molar-refractivity contribution in [2.24, 2.45) is 11.7 Å². The van der Waals surface area contributed by atoms with Crippen LogP contribution in [-0.2, 0) is 4.74 Å². The minimum absolute atomic E-state index is 0.0139. The molecule has 0 aromatic heterocycles. The van der Waals surface area contributed by atoms with Gasteiger partial charge in [-0.3, -0.25) is 4.90 Å². The maximum atomic E-state index is 10.9. The highest BCUT2D eigenvalue weighted by molar-refractivity contribution is 6.43. The van der Waals surface area contributed by atoms with E-state index in [-0.39, 0.29) is 6.10 Å². The van der Waals surface area contributed by atoms with Crippen molar-refractivity contribution in [1.82, 2.24) is 4.90 Å². The summed E-state index contributed by atoms with van der Waals surface area (Å²) in [5.41, 5.74) is 6.15. The number of piperazine rings is 1. The van der Waals surface area contributed by atoms with E-state index in [1.807, 2.05) is 18.2 Å². The normalized spacial score (nSPS) is 25.2. The fraction of sp³-hybridized carbons (Fsp3) is 0.650. The molecule has 1 aliphatic carbocycles. The second-order valence-electron chi connectivity index (χ2n) is 7.76. The van der Waals surface area contributed by atoms with Crippen molar-refractivity contribution in [2.45, 2.75) is 51.2 Å². The number of hydrogen-bond acceptors (Lipinski definition) is 4. The van der Waals surface area contributed by atoms with Crippen LogP contribution in [0.4, 0.5) is 10.5 Å². The zero-order valence-corrected chi connectivity index (χ0v) is 17.4. The van der Waals surface area contributed by atoms with Crippen molar-refractivity contribution in [3.63, 3.8) is 0 Å². The van der Waals surface area contributed by atoms with Crippen LogP contribution in [0.5, 0.6) is 0 Å². The Morgan fingerprint density at radius 1 is 1.19 bits per heavy atom. The van der Waals surface area contributed by atoms with Crippen LogP contribution in [0.25, 0.3) is 0 Å². The summed E-state index contributed by atoms with van der Waals surface area (Å²) >= 11 is 12.5. The number of amides is 1. The topological polar surface area (TPSA) is 58.8 Å². The quantitative estimate of drug-likeness (QED) is 0.768. The maximum absolute atomic E-state index is 10.9. The van der Waals surface area contributed by atoms with Crippen LogP contribution < -0.4 is 10.6 Å². The molecule has 1 atom stereocenters. The van der Waals surface area contributed by atoms with Gasteiger partial charge in [0.2, 0.25) is 0 Å². The lowest BCUT2D eigenvalue weighted by atomic mass is 9.83. The fourth-order valence-electron chi connectivity index (χ4n) is 4.42. The Labute approximate surface area is 171 Å². The molecule has 5 nitrogen and oxygen atoms in total. The standard InChI is InChI=1S/C20H29Cl2N3O2/c1-14(13-15-5-7-16(8-6-15)27-20(23)26)24-9-11-25(12-10-24)18-4-2-3-17(21)19(18)22/h2-4,14-16H,5-13H2,1H3,(H2,23,26)/t14?,15-,16-. The van der Waals surface area contributed by atoms with Crippen molar-refractivity contribution >= 4 is 35.0 Å². The van der Waals surface area contributed by atoms with Crippen LogP contribution in [0.2, 0.25) is 10.0 Å². The molecular weight excluding hydrogens is 385 g/mol. The van der Waals surface area contributed by atoms with Gasteiger partial charge in [0.05, 0.1) is 15.7 Å². The largest absolute Gasteiger partial charge is 0.446 e. The molecule has 2 aliphatic rings. The molecule has 1 unspecified atom stereocenters. The number of hydrogen-bond donors (Lipinski definition) is 1. The SMILES string of the molecule is CC(C[C@H]1CC[C@H](OC(N)=O)CC1)N1CCN(c2cccc(Cl)c2Cl)CC1. The average Bonchev–Trinajstić information content (AvgIpc) is 2.65. The summed E-state index contributed by atoms with van der Waals surface area (Å²) in [7, 11) is 0. The molecule has 27 heavy (non-hydrogen) atoms. The first-order valence-electron chi connectivity index (χ1n) is 9.83. The van der Waals surface area contributed by atoms with Crippen molar-refractivity contribution in [3.8, 4) is 0 Å². The minimum atomic E-state index is -0.649. The molecule has 150 valence electrons. The zero-order valence-electron chi connectivity index (χ0n) is 15.9. The summed E-state index contributed by atoms with van der Waals surface area (Å²) in [5.74, 6) is 0.702. The van der Waals surface area contributed by atoms with Crippen molar-refractivity contribution in [2.75, 3.05) is 31.1 Å². The van der Waals surface area contributed by atoms with Crippen LogP contribution in [0, 0.1) is 5.92 Å². The van der Waals surface area contributed by atoms with Gasteiger partial charge in [-0.25, -0.2) is 4.79 Å². The summed E-state index contributed by atoms with van der Waals surface area (Å²) in [6, 6.07) is 6.38. The first kappa shape index (κ1) is 20.6. The van der Waals surface area contributed by atoms with E-state index in [1.54, 1.807) is 0 Å². The first-order chi connectivity index (χ1) is 12.9. The minimum Gasteiger partial charge on any atom is -0.446 e. The lowest BCUT2D eigenvalue weighted by molar-refractivity contribution is 0.0635. The molecule has 1 aliphatic heterocycles. The number of nitrogens with two attached hydrogens (primary N) is 1. The van der Waals surface area contributed by atoms with Crippen molar-refractivity contribution < 1.29 is 9.53 Å². The van der Waals surface area contributed by atoms with Crippen LogP contribution >= 0.6 is 23.2 Å². The molecule has 1 saturated heterocycles. The molecule has 1 saturated carbocycles. The summed E-state index contributed by atoms with van der Waals surface area (Å²) in [6.45, 7) is 6.31. The second-order valence-corrected chi connectivity index (χ2v) is 8.55. The Morgan fingerprint density at radius 2 is 1.85 bits per heavy atom. The molecule has 1 aromatic rings. The maximum Gasteiger partial charge on any atom is 0.404 e. The van der Waals surface area contributed by atoms with Gasteiger partial charge >= 0.3 is 6.09 Å². The van der Waals surface area contributed by atoms with Gasteiger partial charge in [-0.05, 0) is 57.1 Å². The number of rotatable bonds is 5. The number of carbonyl (C=O) groups excluding carboxylic acids is 1. The number of nitrogens with zero attached hydrogens (tertiary/aromatic N) is 2. The number of anilines is 1. The van der Waals surface area contributed by atoms with Gasteiger partial charge in [-0.2, -0.15) is 0 Å². The van der Waals surface area contributed by atoms with Gasteiger partial charge in [-0.15, -0.1) is 0 Å². The third-order valence-electron chi connectivity index (χ3n) is 5.96.